The molecule has 1 heterocycles. The smallest absolute Gasteiger partial charge is 0.241 e. The Morgan fingerprint density at radius 1 is 1.69 bits per heavy atom. The molecule has 0 radical (unpaired) electrons. The van der Waals surface area contributed by atoms with Crippen LogP contribution in [0.3, 0.4) is 0 Å². The summed E-state index contributed by atoms with van der Waals surface area (Å²) in [6, 6.07) is -0.135. The fourth-order valence-electron chi connectivity index (χ4n) is 1.25. The van der Waals surface area contributed by atoms with Gasteiger partial charge in [0.05, 0.1) is 6.61 Å². The molecule has 1 amide bonds. The van der Waals surface area contributed by atoms with Gasteiger partial charge in [-0.3, -0.25) is 4.79 Å². The minimum atomic E-state index is -0.135. The first-order chi connectivity index (χ1) is 6.11. The molecule has 0 bridgehead atoms. The lowest BCUT2D eigenvalue weighted by Crippen LogP contribution is -2.37. The van der Waals surface area contributed by atoms with Crippen LogP contribution in [-0.2, 0) is 9.63 Å². The zero-order chi connectivity index (χ0) is 9.84. The predicted octanol–water partition coefficient (Wildman–Crippen LogP) is 0.394. The zero-order valence-electron chi connectivity index (χ0n) is 8.54. The van der Waals surface area contributed by atoms with E-state index in [0.29, 0.717) is 12.5 Å². The Morgan fingerprint density at radius 3 is 2.85 bits per heavy atom. The van der Waals surface area contributed by atoms with Gasteiger partial charge in [0.2, 0.25) is 5.91 Å². The molecule has 1 N–H and O–H groups in total. The van der Waals surface area contributed by atoms with Crippen LogP contribution in [0.4, 0.5) is 0 Å². The highest BCUT2D eigenvalue weighted by atomic mass is 16.6. The first kappa shape index (κ1) is 10.5. The summed E-state index contributed by atoms with van der Waals surface area (Å²) < 4.78 is 0. The number of nitrogens with one attached hydrogen (secondary N) is 1. The molecule has 4 nitrogen and oxygen atoms in total. The lowest BCUT2D eigenvalue weighted by molar-refractivity contribution is -0.132. The molecule has 0 saturated carbocycles. The second-order valence-electron chi connectivity index (χ2n) is 3.92. The third kappa shape index (κ3) is 2.97. The van der Waals surface area contributed by atoms with E-state index >= 15 is 0 Å². The van der Waals surface area contributed by atoms with E-state index in [9.17, 15) is 4.79 Å². The largest absolute Gasteiger partial charge is 0.344 e. The molecule has 1 unspecified atom stereocenters. The summed E-state index contributed by atoms with van der Waals surface area (Å²) in [4.78, 5) is 18.3. The average Bonchev–Trinajstić information content (AvgIpc) is 2.35. The van der Waals surface area contributed by atoms with Crippen molar-refractivity contribution in [1.82, 2.24) is 10.4 Å². The molecule has 1 aliphatic heterocycles. The third-order valence-electron chi connectivity index (χ3n) is 2.07. The van der Waals surface area contributed by atoms with Crippen molar-refractivity contribution in [3.05, 3.63) is 0 Å². The van der Waals surface area contributed by atoms with Crippen molar-refractivity contribution < 1.29 is 9.63 Å². The second-order valence-corrected chi connectivity index (χ2v) is 3.92. The van der Waals surface area contributed by atoms with Gasteiger partial charge in [-0.2, -0.15) is 5.48 Å². The monoisotopic (exact) mass is 186 g/mol. The fraction of sp³-hybridized carbons (Fsp3) is 0.889. The number of nitrogens with zero attached hydrogens (tertiary/aromatic N) is 1. The van der Waals surface area contributed by atoms with Gasteiger partial charge >= 0.3 is 0 Å². The number of carbonyl (C=O) groups is 1. The van der Waals surface area contributed by atoms with Crippen LogP contribution in [0.1, 0.15) is 20.3 Å². The van der Waals surface area contributed by atoms with Gasteiger partial charge in [0, 0.05) is 13.6 Å². The molecule has 1 rings (SSSR count). The van der Waals surface area contributed by atoms with E-state index in [1.807, 2.05) is 7.05 Å². The van der Waals surface area contributed by atoms with Gasteiger partial charge in [-0.1, -0.05) is 13.8 Å². The maximum Gasteiger partial charge on any atom is 0.241 e. The van der Waals surface area contributed by atoms with E-state index in [1.54, 1.807) is 4.90 Å². The number of hydrogen-bond donors (Lipinski definition) is 1. The summed E-state index contributed by atoms with van der Waals surface area (Å²) in [6.07, 6.45) is 0.841. The van der Waals surface area contributed by atoms with E-state index in [0.717, 1.165) is 13.0 Å². The normalized spacial score (nSPS) is 23.2. The second kappa shape index (κ2) is 4.58. The predicted molar refractivity (Wildman–Crippen MR) is 50.0 cm³/mol. The number of rotatable bonds is 4. The van der Waals surface area contributed by atoms with Crippen molar-refractivity contribution in [1.29, 1.82) is 0 Å². The number of likely N-dealkylation sites (N-methyl/N-ethyl adjacent to an activating group) is 1. The van der Waals surface area contributed by atoms with Crippen LogP contribution in [0.15, 0.2) is 0 Å². The molecule has 1 fully saturated rings. The lowest BCUT2D eigenvalue weighted by atomic mass is 10.2. The molecule has 0 aromatic heterocycles. The van der Waals surface area contributed by atoms with Crippen molar-refractivity contribution >= 4 is 5.91 Å². The van der Waals surface area contributed by atoms with E-state index < -0.39 is 0 Å². The topological polar surface area (TPSA) is 41.6 Å². The molecular formula is C9H18N2O2. The number of amides is 1. The Labute approximate surface area is 79.2 Å². The van der Waals surface area contributed by atoms with Gasteiger partial charge in [0.1, 0.15) is 6.04 Å². The van der Waals surface area contributed by atoms with E-state index in [1.165, 1.54) is 0 Å². The number of likely N-dealkylation sites (tertiary alicyclic amines) is 1. The number of hydrogen-bond acceptors (Lipinski definition) is 3. The molecule has 0 aromatic carbocycles. The van der Waals surface area contributed by atoms with Crippen molar-refractivity contribution in [3.8, 4) is 0 Å². The first-order valence-corrected chi connectivity index (χ1v) is 4.73. The Morgan fingerprint density at radius 2 is 2.38 bits per heavy atom. The highest BCUT2D eigenvalue weighted by molar-refractivity contribution is 5.83. The molecule has 1 saturated heterocycles. The number of carbonyl (C=O) groups excluding carboxylic acids is 1. The summed E-state index contributed by atoms with van der Waals surface area (Å²) >= 11 is 0. The molecule has 1 atom stereocenters. The Balaban J connectivity index is 2.19. The summed E-state index contributed by atoms with van der Waals surface area (Å²) in [6.45, 7) is 5.61. The fourth-order valence-corrected chi connectivity index (χ4v) is 1.25. The summed E-state index contributed by atoms with van der Waals surface area (Å²) in [5.74, 6) is 0.616. The van der Waals surface area contributed by atoms with Crippen LogP contribution in [0.5, 0.6) is 0 Å². The minimum Gasteiger partial charge on any atom is -0.344 e. The Hall–Kier alpha value is -0.610. The van der Waals surface area contributed by atoms with Crippen LogP contribution in [0, 0.1) is 5.92 Å². The highest BCUT2D eigenvalue weighted by Crippen LogP contribution is 2.08. The van der Waals surface area contributed by atoms with Crippen molar-refractivity contribution in [2.24, 2.45) is 5.92 Å². The maximum atomic E-state index is 11.4. The van der Waals surface area contributed by atoms with E-state index in [4.69, 9.17) is 4.84 Å². The van der Waals surface area contributed by atoms with Crippen LogP contribution in [0.2, 0.25) is 0 Å². The van der Waals surface area contributed by atoms with Gasteiger partial charge < -0.3 is 9.74 Å². The summed E-state index contributed by atoms with van der Waals surface area (Å²) in [5.41, 5.74) is 2.80. The zero-order valence-corrected chi connectivity index (χ0v) is 8.54. The van der Waals surface area contributed by atoms with Crippen LogP contribution < -0.4 is 5.48 Å². The quantitative estimate of drug-likeness (QED) is 0.646. The first-order valence-electron chi connectivity index (χ1n) is 4.73. The highest BCUT2D eigenvalue weighted by Gasteiger charge is 2.28. The van der Waals surface area contributed by atoms with Gasteiger partial charge in [-0.05, 0) is 12.3 Å². The van der Waals surface area contributed by atoms with Crippen LogP contribution in [-0.4, -0.2) is 37.0 Å². The van der Waals surface area contributed by atoms with E-state index in [2.05, 4.69) is 19.3 Å². The summed E-state index contributed by atoms with van der Waals surface area (Å²) in [5, 5.41) is 0. The van der Waals surface area contributed by atoms with Crippen molar-refractivity contribution in [2.45, 2.75) is 26.3 Å². The molecule has 0 aliphatic carbocycles. The van der Waals surface area contributed by atoms with Gasteiger partial charge in [-0.25, -0.2) is 0 Å². The van der Waals surface area contributed by atoms with Gasteiger partial charge in [0.25, 0.3) is 0 Å². The molecule has 76 valence electrons. The molecule has 4 heteroatoms. The molecule has 0 aromatic rings. The minimum absolute atomic E-state index is 0.128. The van der Waals surface area contributed by atoms with E-state index in [-0.39, 0.29) is 11.9 Å². The molecular weight excluding hydrogens is 168 g/mol. The van der Waals surface area contributed by atoms with Crippen LogP contribution >= 0.6 is 0 Å². The van der Waals surface area contributed by atoms with Gasteiger partial charge in [0.15, 0.2) is 0 Å². The number of hydroxylamine groups is 1. The molecule has 1 aliphatic rings. The third-order valence-corrected chi connectivity index (χ3v) is 2.07. The Bertz CT molecular complexity index is 182. The average molecular weight is 186 g/mol. The molecule has 0 spiro atoms. The SMILES string of the molecule is CC(C)CONC1CCN(C)C1=O. The van der Waals surface area contributed by atoms with Crippen LogP contribution in [0.25, 0.3) is 0 Å². The molecule has 13 heavy (non-hydrogen) atoms. The standard InChI is InChI=1S/C9H18N2O2/c1-7(2)6-13-10-8-4-5-11(3)9(8)12/h7-8,10H,4-6H2,1-3H3. The van der Waals surface area contributed by atoms with Gasteiger partial charge in [-0.15, -0.1) is 0 Å². The maximum absolute atomic E-state index is 11.4. The van der Waals surface area contributed by atoms with Crippen molar-refractivity contribution in [2.75, 3.05) is 20.2 Å². The summed E-state index contributed by atoms with van der Waals surface area (Å²) in [7, 11) is 1.81. The van der Waals surface area contributed by atoms with Crippen molar-refractivity contribution in [3.63, 3.8) is 0 Å². The lowest BCUT2D eigenvalue weighted by Gasteiger charge is -2.13. The Kier molecular flexibility index (Phi) is 3.69.